The highest BCUT2D eigenvalue weighted by atomic mass is 127. The van der Waals surface area contributed by atoms with Gasteiger partial charge in [0.05, 0.1) is 9.50 Å². The zero-order chi connectivity index (χ0) is 24.9. The maximum atomic E-state index is 14.8. The lowest BCUT2D eigenvalue weighted by atomic mass is 9.68. The second kappa shape index (κ2) is 12.2. The van der Waals surface area contributed by atoms with Gasteiger partial charge in [-0.05, 0) is 78.9 Å². The fourth-order valence-electron chi connectivity index (χ4n) is 5.40. The molecule has 0 spiro atoms. The third-order valence-corrected chi connectivity index (χ3v) is 7.95. The monoisotopic (exact) mass is 604 g/mol. The van der Waals surface area contributed by atoms with E-state index in [1.807, 2.05) is 0 Å². The molecule has 2 saturated carbocycles. The minimum atomic E-state index is -3.57. The van der Waals surface area contributed by atoms with Crippen LogP contribution in [0.1, 0.15) is 71.1 Å². The molecule has 9 heteroatoms. The molecule has 0 N–H and O–H groups in total. The molecule has 2 fully saturated rings. The average Bonchev–Trinajstić information content (AvgIpc) is 2.79. The first-order valence-corrected chi connectivity index (χ1v) is 13.0. The van der Waals surface area contributed by atoms with Gasteiger partial charge in [0, 0.05) is 12.1 Å². The molecule has 1 aromatic rings. The van der Waals surface area contributed by atoms with Crippen LogP contribution in [0.2, 0.25) is 0 Å². The molecule has 0 aliphatic heterocycles. The highest BCUT2D eigenvalue weighted by molar-refractivity contribution is 14.1. The molecular weight excluding hydrogens is 573 g/mol. The first kappa shape index (κ1) is 27.5. The first-order chi connectivity index (χ1) is 16.1. The minimum Gasteiger partial charge on any atom is -0.458 e. The van der Waals surface area contributed by atoms with E-state index in [1.54, 1.807) is 0 Å². The summed E-state index contributed by atoms with van der Waals surface area (Å²) >= 11 is 1.27. The van der Waals surface area contributed by atoms with Crippen LogP contribution in [-0.2, 0) is 0 Å². The van der Waals surface area contributed by atoms with E-state index in [4.69, 9.17) is 4.74 Å². The quantitative estimate of drug-likeness (QED) is 0.159. The van der Waals surface area contributed by atoms with Gasteiger partial charge in [-0.3, -0.25) is 0 Å². The van der Waals surface area contributed by atoms with Crippen LogP contribution in [0.4, 0.5) is 26.3 Å². The Morgan fingerprint density at radius 2 is 1.53 bits per heavy atom. The van der Waals surface area contributed by atoms with Crippen molar-refractivity contribution in [3.8, 4) is 11.5 Å². The van der Waals surface area contributed by atoms with Crippen molar-refractivity contribution in [2.24, 2.45) is 23.7 Å². The zero-order valence-electron chi connectivity index (χ0n) is 19.2. The van der Waals surface area contributed by atoms with E-state index in [2.05, 4.69) is 11.7 Å². The summed E-state index contributed by atoms with van der Waals surface area (Å²) in [6.45, 7) is 2.20. The van der Waals surface area contributed by atoms with Crippen LogP contribution in [0.5, 0.6) is 11.5 Å². The number of halogens is 7. The van der Waals surface area contributed by atoms with E-state index >= 15 is 0 Å². The molecule has 0 amide bonds. The fourth-order valence-corrected chi connectivity index (χ4v) is 5.53. The molecular formula is C25H31F6IO2. The number of hydrogen-bond donors (Lipinski definition) is 0. The molecule has 0 atom stereocenters. The first-order valence-electron chi connectivity index (χ1n) is 12.0. The van der Waals surface area contributed by atoms with E-state index < -0.39 is 45.2 Å². The third-order valence-electron chi connectivity index (χ3n) is 7.23. The number of benzene rings is 1. The van der Waals surface area contributed by atoms with Crippen molar-refractivity contribution in [3.63, 3.8) is 0 Å². The van der Waals surface area contributed by atoms with Gasteiger partial charge in [0.2, 0.25) is 0 Å². The van der Waals surface area contributed by atoms with Crippen molar-refractivity contribution in [1.82, 2.24) is 0 Å². The summed E-state index contributed by atoms with van der Waals surface area (Å²) in [5, 5.41) is 0. The molecule has 0 unspecified atom stereocenters. The number of ether oxygens (including phenoxy) is 2. The minimum absolute atomic E-state index is 0.301. The van der Waals surface area contributed by atoms with Gasteiger partial charge in [0.1, 0.15) is 12.0 Å². The van der Waals surface area contributed by atoms with Crippen LogP contribution in [0.25, 0.3) is 0 Å². The van der Waals surface area contributed by atoms with E-state index in [-0.39, 0.29) is 0 Å². The molecule has 1 aromatic carbocycles. The largest absolute Gasteiger partial charge is 0.458 e. The van der Waals surface area contributed by atoms with Crippen molar-refractivity contribution in [2.75, 3.05) is 0 Å². The summed E-state index contributed by atoms with van der Waals surface area (Å²) in [7, 11) is 0. The second-order valence-electron chi connectivity index (χ2n) is 9.48. The van der Waals surface area contributed by atoms with Crippen molar-refractivity contribution < 1.29 is 35.8 Å². The van der Waals surface area contributed by atoms with E-state index in [9.17, 15) is 26.3 Å². The Morgan fingerprint density at radius 1 is 1.00 bits per heavy atom. The topological polar surface area (TPSA) is 18.5 Å². The lowest BCUT2D eigenvalue weighted by Gasteiger charge is -2.39. The molecule has 0 saturated heterocycles. The van der Waals surface area contributed by atoms with Crippen molar-refractivity contribution >= 4 is 22.6 Å². The lowest BCUT2D eigenvalue weighted by molar-refractivity contribution is -0.224. The van der Waals surface area contributed by atoms with E-state index in [1.165, 1.54) is 61.1 Å². The van der Waals surface area contributed by atoms with Crippen molar-refractivity contribution in [3.05, 3.63) is 33.6 Å². The standard InChI is InChI=1S/C25H31F6IO2/c1-2-3-15-4-6-16(7-5-15)17-8-10-18(11-9-17)25(30,31)34-19-12-20(26)23(21(27)13-19)33-14-22(32)24(28)29/h12-18,24H,2-11H2,1H3. The molecule has 0 aromatic heterocycles. The van der Waals surface area contributed by atoms with Crippen LogP contribution in [-0.4, -0.2) is 12.5 Å². The zero-order valence-corrected chi connectivity index (χ0v) is 21.3. The summed E-state index contributed by atoms with van der Waals surface area (Å²) in [5.41, 5.74) is 0. The fraction of sp³-hybridized carbons (Fsp3) is 0.680. The number of allylic oxidation sites excluding steroid dienone is 1. The van der Waals surface area contributed by atoms with Crippen molar-refractivity contribution in [2.45, 2.75) is 83.7 Å². The molecule has 0 heterocycles. The number of alkyl halides is 4. The molecule has 0 radical (unpaired) electrons. The number of rotatable bonds is 9. The van der Waals surface area contributed by atoms with Gasteiger partial charge in [-0.1, -0.05) is 32.6 Å². The van der Waals surface area contributed by atoms with Crippen LogP contribution in [0, 0.1) is 35.3 Å². The second-order valence-corrected chi connectivity index (χ2v) is 10.7. The summed E-state index contributed by atoms with van der Waals surface area (Å²) in [5.74, 6) is -3.44. The van der Waals surface area contributed by atoms with Crippen LogP contribution >= 0.6 is 22.6 Å². The Labute approximate surface area is 210 Å². The van der Waals surface area contributed by atoms with Gasteiger partial charge < -0.3 is 9.47 Å². The average molecular weight is 604 g/mol. The Balaban J connectivity index is 1.55. The Hall–Kier alpha value is -1.13. The normalized spacial score (nSPS) is 26.6. The smallest absolute Gasteiger partial charge is 0.400 e. The van der Waals surface area contributed by atoms with Gasteiger partial charge in [-0.15, -0.1) is 0 Å². The van der Waals surface area contributed by atoms with E-state index in [0.717, 1.165) is 5.92 Å². The molecule has 2 aliphatic rings. The summed E-state index contributed by atoms with van der Waals surface area (Å²) in [6, 6.07) is 1.16. The van der Waals surface area contributed by atoms with Gasteiger partial charge in [-0.2, -0.15) is 8.78 Å². The predicted octanol–water partition coefficient (Wildman–Crippen LogP) is 9.27. The Morgan fingerprint density at radius 3 is 2.03 bits per heavy atom. The SMILES string of the molecule is CCCC1CCC(C2CCC(C(F)(F)Oc3cc(F)c(OC=C(I)C(F)F)c(F)c3)CC2)CC1. The number of hydrogen-bond acceptors (Lipinski definition) is 2. The summed E-state index contributed by atoms with van der Waals surface area (Å²) in [4.78, 5) is 0. The maximum Gasteiger partial charge on any atom is 0.400 e. The molecule has 0 bridgehead atoms. The van der Waals surface area contributed by atoms with E-state index in [0.29, 0.717) is 55.9 Å². The van der Waals surface area contributed by atoms with Gasteiger partial charge in [0.15, 0.2) is 17.4 Å². The predicted molar refractivity (Wildman–Crippen MR) is 126 cm³/mol. The summed E-state index contributed by atoms with van der Waals surface area (Å²) < 4.78 is 91.8. The van der Waals surface area contributed by atoms with Gasteiger partial charge in [0.25, 0.3) is 6.43 Å². The van der Waals surface area contributed by atoms with Crippen LogP contribution < -0.4 is 9.47 Å². The van der Waals surface area contributed by atoms with Gasteiger partial charge >= 0.3 is 6.11 Å². The van der Waals surface area contributed by atoms with Crippen LogP contribution in [0.3, 0.4) is 0 Å². The Bertz CT molecular complexity index is 808. The molecule has 34 heavy (non-hydrogen) atoms. The molecule has 3 rings (SSSR count). The molecule has 2 aliphatic carbocycles. The maximum absolute atomic E-state index is 14.8. The third kappa shape index (κ3) is 7.20. The molecule has 2 nitrogen and oxygen atoms in total. The van der Waals surface area contributed by atoms with Crippen LogP contribution in [0.15, 0.2) is 22.0 Å². The highest BCUT2D eigenvalue weighted by Gasteiger charge is 2.45. The summed E-state index contributed by atoms with van der Waals surface area (Å²) in [6.07, 6.45) is 3.36. The molecule has 192 valence electrons. The Kier molecular flexibility index (Phi) is 9.86. The van der Waals surface area contributed by atoms with Crippen molar-refractivity contribution in [1.29, 1.82) is 0 Å². The highest BCUT2D eigenvalue weighted by Crippen LogP contribution is 2.46. The van der Waals surface area contributed by atoms with Gasteiger partial charge in [-0.25, -0.2) is 17.6 Å². The lowest BCUT2D eigenvalue weighted by Crippen LogP contribution is -2.38.